The molecule has 1 amide bonds. The first kappa shape index (κ1) is 19.2. The predicted octanol–water partition coefficient (Wildman–Crippen LogP) is 3.53. The lowest BCUT2D eigenvalue weighted by Crippen LogP contribution is -2.36. The monoisotopic (exact) mass is 398 g/mol. The lowest BCUT2D eigenvalue weighted by atomic mass is 10.0. The molecule has 1 heterocycles. The maximum Gasteiger partial charge on any atom is 0.245 e. The van der Waals surface area contributed by atoms with Crippen molar-refractivity contribution in [2.75, 3.05) is 18.4 Å². The van der Waals surface area contributed by atoms with Gasteiger partial charge in [-0.3, -0.25) is 4.79 Å². The van der Waals surface area contributed by atoms with Crippen LogP contribution in [0, 0.1) is 0 Å². The van der Waals surface area contributed by atoms with Crippen molar-refractivity contribution in [2.24, 2.45) is 0 Å². The van der Waals surface area contributed by atoms with Crippen LogP contribution >= 0.6 is 0 Å². The van der Waals surface area contributed by atoms with Crippen LogP contribution in [-0.4, -0.2) is 31.7 Å². The van der Waals surface area contributed by atoms with E-state index in [-0.39, 0.29) is 17.2 Å². The van der Waals surface area contributed by atoms with Crippen molar-refractivity contribution in [3.05, 3.63) is 59.2 Å². The van der Waals surface area contributed by atoms with Gasteiger partial charge in [-0.15, -0.1) is 0 Å². The van der Waals surface area contributed by atoms with E-state index in [1.807, 2.05) is 6.07 Å². The highest BCUT2D eigenvalue weighted by molar-refractivity contribution is 7.89. The number of hydrogen-bond donors (Lipinski definition) is 1. The summed E-state index contributed by atoms with van der Waals surface area (Å²) in [6.07, 6.45) is 6.42. The number of rotatable bonds is 5. The molecule has 0 aromatic heterocycles. The van der Waals surface area contributed by atoms with E-state index in [9.17, 15) is 13.2 Å². The Balaban J connectivity index is 1.51. The summed E-state index contributed by atoms with van der Waals surface area (Å²) in [5.41, 5.74) is 4.04. The summed E-state index contributed by atoms with van der Waals surface area (Å²) in [5.74, 6) is -0.195. The van der Waals surface area contributed by atoms with Gasteiger partial charge in [0.05, 0.1) is 12.1 Å². The molecule has 0 unspecified atom stereocenters. The molecule has 2 aromatic carbocycles. The van der Waals surface area contributed by atoms with Gasteiger partial charge in [0, 0.05) is 13.1 Å². The number of benzene rings is 2. The number of anilines is 1. The SMILES string of the molecule is O=C(Cc1ccc2c(c1)CCC2)Nc1ccccc1S(=O)(=O)N1CCCCC1. The molecule has 2 aliphatic rings. The zero-order valence-electron chi connectivity index (χ0n) is 16.0. The molecule has 6 heteroatoms. The molecule has 1 aliphatic heterocycles. The van der Waals surface area contributed by atoms with E-state index in [1.165, 1.54) is 21.9 Å². The van der Waals surface area contributed by atoms with Gasteiger partial charge in [0.2, 0.25) is 15.9 Å². The summed E-state index contributed by atoms with van der Waals surface area (Å²) < 4.78 is 27.6. The zero-order chi connectivity index (χ0) is 19.6. The van der Waals surface area contributed by atoms with Crippen LogP contribution in [0.4, 0.5) is 5.69 Å². The largest absolute Gasteiger partial charge is 0.325 e. The van der Waals surface area contributed by atoms with Crippen molar-refractivity contribution in [3.63, 3.8) is 0 Å². The van der Waals surface area contributed by atoms with Gasteiger partial charge in [0.1, 0.15) is 4.90 Å². The van der Waals surface area contributed by atoms with Gasteiger partial charge < -0.3 is 5.32 Å². The van der Waals surface area contributed by atoms with Crippen molar-refractivity contribution in [1.82, 2.24) is 4.31 Å². The molecule has 0 radical (unpaired) electrons. The van der Waals surface area contributed by atoms with Crippen molar-refractivity contribution in [3.8, 4) is 0 Å². The van der Waals surface area contributed by atoms with E-state index < -0.39 is 10.0 Å². The fourth-order valence-corrected chi connectivity index (χ4v) is 5.82. The first-order chi connectivity index (χ1) is 13.5. The quantitative estimate of drug-likeness (QED) is 0.838. The minimum atomic E-state index is -3.60. The third kappa shape index (κ3) is 3.98. The Morgan fingerprint density at radius 3 is 2.50 bits per heavy atom. The molecule has 1 aliphatic carbocycles. The highest BCUT2D eigenvalue weighted by Gasteiger charge is 2.28. The Kier molecular flexibility index (Phi) is 5.51. The van der Waals surface area contributed by atoms with E-state index in [1.54, 1.807) is 24.3 Å². The molecule has 1 fully saturated rings. The number of sulfonamides is 1. The number of para-hydroxylation sites is 1. The first-order valence-corrected chi connectivity index (χ1v) is 11.5. The second-order valence-corrected chi connectivity index (χ2v) is 9.55. The van der Waals surface area contributed by atoms with Gasteiger partial charge in [-0.25, -0.2) is 8.42 Å². The average molecular weight is 399 g/mol. The smallest absolute Gasteiger partial charge is 0.245 e. The Morgan fingerprint density at radius 1 is 0.929 bits per heavy atom. The van der Waals surface area contributed by atoms with E-state index in [0.29, 0.717) is 18.8 Å². The van der Waals surface area contributed by atoms with E-state index in [4.69, 9.17) is 0 Å². The van der Waals surface area contributed by atoms with Crippen LogP contribution in [0.2, 0.25) is 0 Å². The highest BCUT2D eigenvalue weighted by atomic mass is 32.2. The molecule has 2 aromatic rings. The van der Waals surface area contributed by atoms with Gasteiger partial charge in [0.15, 0.2) is 0 Å². The van der Waals surface area contributed by atoms with Crippen LogP contribution < -0.4 is 5.32 Å². The van der Waals surface area contributed by atoms with Gasteiger partial charge in [-0.1, -0.05) is 36.8 Å². The lowest BCUT2D eigenvalue weighted by Gasteiger charge is -2.26. The van der Waals surface area contributed by atoms with Crippen LogP contribution in [-0.2, 0) is 34.1 Å². The third-order valence-electron chi connectivity index (χ3n) is 5.62. The standard InChI is InChI=1S/C22H26N2O3S/c25-22(16-17-11-12-18-7-6-8-19(18)15-17)23-20-9-2-3-10-21(20)28(26,27)24-13-4-1-5-14-24/h2-3,9-12,15H,1,4-8,13-14,16H2,(H,23,25). The van der Waals surface area contributed by atoms with Crippen molar-refractivity contribution < 1.29 is 13.2 Å². The van der Waals surface area contributed by atoms with Gasteiger partial charge >= 0.3 is 0 Å². The van der Waals surface area contributed by atoms with Crippen LogP contribution in [0.3, 0.4) is 0 Å². The molecule has 1 N–H and O–H groups in total. The maximum absolute atomic E-state index is 13.1. The van der Waals surface area contributed by atoms with Crippen molar-refractivity contribution in [2.45, 2.75) is 49.8 Å². The highest BCUT2D eigenvalue weighted by Crippen LogP contribution is 2.27. The van der Waals surface area contributed by atoms with Crippen LogP contribution in [0.15, 0.2) is 47.4 Å². The lowest BCUT2D eigenvalue weighted by molar-refractivity contribution is -0.115. The summed E-state index contributed by atoms with van der Waals surface area (Å²) >= 11 is 0. The normalized spacial score (nSPS) is 17.3. The Hall–Kier alpha value is -2.18. The summed E-state index contributed by atoms with van der Waals surface area (Å²) in [5, 5.41) is 2.83. The fraction of sp³-hybridized carbons (Fsp3) is 0.409. The van der Waals surface area contributed by atoms with Crippen molar-refractivity contribution in [1.29, 1.82) is 0 Å². The number of aryl methyl sites for hydroxylation is 2. The molecule has 0 atom stereocenters. The molecule has 0 bridgehead atoms. The Morgan fingerprint density at radius 2 is 1.68 bits per heavy atom. The van der Waals surface area contributed by atoms with Crippen LogP contribution in [0.25, 0.3) is 0 Å². The molecule has 0 saturated carbocycles. The van der Waals surface area contributed by atoms with E-state index in [0.717, 1.165) is 37.7 Å². The van der Waals surface area contributed by atoms with Crippen LogP contribution in [0.1, 0.15) is 42.4 Å². The Labute approximate surface area is 166 Å². The van der Waals surface area contributed by atoms with E-state index in [2.05, 4.69) is 17.4 Å². The average Bonchev–Trinajstić information content (AvgIpc) is 3.17. The number of fused-ring (bicyclic) bond motifs is 1. The number of nitrogens with zero attached hydrogens (tertiary/aromatic N) is 1. The predicted molar refractivity (Wildman–Crippen MR) is 110 cm³/mol. The number of carbonyl (C=O) groups is 1. The topological polar surface area (TPSA) is 66.5 Å². The second kappa shape index (κ2) is 8.05. The first-order valence-electron chi connectivity index (χ1n) is 10.0. The zero-order valence-corrected chi connectivity index (χ0v) is 16.8. The summed E-state index contributed by atoms with van der Waals surface area (Å²) in [7, 11) is -3.60. The summed E-state index contributed by atoms with van der Waals surface area (Å²) in [6.45, 7) is 1.08. The van der Waals surface area contributed by atoms with Gasteiger partial charge in [-0.2, -0.15) is 4.31 Å². The number of piperidine rings is 1. The number of hydrogen-bond acceptors (Lipinski definition) is 3. The molecule has 5 nitrogen and oxygen atoms in total. The van der Waals surface area contributed by atoms with E-state index >= 15 is 0 Å². The molecule has 1 saturated heterocycles. The van der Waals surface area contributed by atoms with Gasteiger partial charge in [-0.05, 0) is 60.9 Å². The fourth-order valence-electron chi connectivity index (χ4n) is 4.15. The second-order valence-electron chi connectivity index (χ2n) is 7.64. The molecule has 4 rings (SSSR count). The molecule has 28 heavy (non-hydrogen) atoms. The van der Waals surface area contributed by atoms with Gasteiger partial charge in [0.25, 0.3) is 0 Å². The minimum absolute atomic E-state index is 0.180. The number of nitrogens with one attached hydrogen (secondary N) is 1. The maximum atomic E-state index is 13.1. The number of carbonyl (C=O) groups excluding carboxylic acids is 1. The molecule has 148 valence electrons. The van der Waals surface area contributed by atoms with Crippen LogP contribution in [0.5, 0.6) is 0 Å². The number of amides is 1. The minimum Gasteiger partial charge on any atom is -0.325 e. The summed E-state index contributed by atoms with van der Waals surface area (Å²) in [4.78, 5) is 12.8. The Bertz CT molecular complexity index is 979. The van der Waals surface area contributed by atoms with Crippen molar-refractivity contribution >= 4 is 21.6 Å². The molecule has 0 spiro atoms. The summed E-state index contributed by atoms with van der Waals surface area (Å²) in [6, 6.07) is 12.9. The third-order valence-corrected chi connectivity index (χ3v) is 7.58. The molecular weight excluding hydrogens is 372 g/mol. The molecular formula is C22H26N2O3S.